The molecule has 0 unspecified atom stereocenters. The van der Waals surface area contributed by atoms with Crippen molar-refractivity contribution in [1.82, 2.24) is 0 Å². The Morgan fingerprint density at radius 2 is 1.71 bits per heavy atom. The van der Waals surface area contributed by atoms with E-state index in [0.717, 1.165) is 12.0 Å². The molecule has 1 N–H and O–H groups in total. The molecule has 2 aromatic carbocycles. The molecule has 0 saturated heterocycles. The molecule has 0 bridgehead atoms. The van der Waals surface area contributed by atoms with E-state index in [2.05, 4.69) is 5.32 Å². The summed E-state index contributed by atoms with van der Waals surface area (Å²) < 4.78 is 31.0. The zero-order valence-electron chi connectivity index (χ0n) is 16.2. The van der Waals surface area contributed by atoms with Gasteiger partial charge in [0.15, 0.2) is 0 Å². The number of carbonyl (C=O) groups excluding carboxylic acids is 1. The third-order valence-corrected chi connectivity index (χ3v) is 5.24. The Balaban J connectivity index is 1.89. The van der Waals surface area contributed by atoms with E-state index in [1.807, 2.05) is 13.8 Å². The van der Waals surface area contributed by atoms with Crippen LogP contribution in [0.2, 0.25) is 5.02 Å². The van der Waals surface area contributed by atoms with Gasteiger partial charge in [-0.25, -0.2) is 8.42 Å². The molecule has 0 heterocycles. The van der Waals surface area contributed by atoms with Gasteiger partial charge in [-0.15, -0.1) is 0 Å². The first-order valence-electron chi connectivity index (χ1n) is 8.95. The molecule has 2 aromatic rings. The second-order valence-corrected chi connectivity index (χ2v) is 9.00. The minimum Gasteiger partial charge on any atom is -0.491 e. The molecule has 0 atom stereocenters. The summed E-state index contributed by atoms with van der Waals surface area (Å²) in [6.07, 6.45) is 1.81. The minimum atomic E-state index is -3.46. The average molecular weight is 425 g/mol. The molecule has 0 aromatic heterocycles. The van der Waals surface area contributed by atoms with Gasteiger partial charge in [0.25, 0.3) is 0 Å². The van der Waals surface area contributed by atoms with Gasteiger partial charge in [0.2, 0.25) is 15.9 Å². The molecule has 6 nitrogen and oxygen atoms in total. The molecule has 152 valence electrons. The molecule has 8 heteroatoms. The van der Waals surface area contributed by atoms with E-state index in [-0.39, 0.29) is 25.0 Å². The van der Waals surface area contributed by atoms with E-state index in [0.29, 0.717) is 22.8 Å². The molecule has 0 radical (unpaired) electrons. The Morgan fingerprint density at radius 3 is 2.25 bits per heavy atom. The fraction of sp³-hybridized carbons (Fsp3) is 0.350. The maximum absolute atomic E-state index is 12.2. The van der Waals surface area contributed by atoms with Gasteiger partial charge >= 0.3 is 0 Å². The van der Waals surface area contributed by atoms with Crippen molar-refractivity contribution in [3.8, 4) is 5.75 Å². The number of ether oxygens (including phenoxy) is 1. The van der Waals surface area contributed by atoms with Crippen molar-refractivity contribution in [3.63, 3.8) is 0 Å². The summed E-state index contributed by atoms with van der Waals surface area (Å²) in [5, 5.41) is 3.33. The molecule has 0 aliphatic carbocycles. The number of benzene rings is 2. The summed E-state index contributed by atoms with van der Waals surface area (Å²) in [5.41, 5.74) is 1.19. The molecule has 2 rings (SSSR count). The number of sulfonamides is 1. The molecule has 0 saturated carbocycles. The highest BCUT2D eigenvalue weighted by Crippen LogP contribution is 2.21. The van der Waals surface area contributed by atoms with Crippen LogP contribution in [0.3, 0.4) is 0 Å². The van der Waals surface area contributed by atoms with Gasteiger partial charge in [0.1, 0.15) is 5.75 Å². The second kappa shape index (κ2) is 9.80. The highest BCUT2D eigenvalue weighted by Gasteiger charge is 2.17. The summed E-state index contributed by atoms with van der Waals surface area (Å²) >= 11 is 5.86. The van der Waals surface area contributed by atoms with Crippen LogP contribution in [0, 0.1) is 0 Å². The van der Waals surface area contributed by atoms with Gasteiger partial charge in [-0.2, -0.15) is 0 Å². The number of nitrogens with one attached hydrogen (secondary N) is 1. The number of anilines is 2. The topological polar surface area (TPSA) is 75.7 Å². The predicted molar refractivity (Wildman–Crippen MR) is 114 cm³/mol. The fourth-order valence-electron chi connectivity index (χ4n) is 2.59. The molecule has 28 heavy (non-hydrogen) atoms. The standard InChI is InChI=1S/C20H25ClN2O4S/c1-15(2)27-19-12-8-17(9-13-19)22-20(24)5-4-14-23(28(3,25)26)18-10-6-16(21)7-11-18/h6-13,15H,4-5,14H2,1-3H3,(H,22,24). The van der Waals surface area contributed by atoms with Crippen molar-refractivity contribution >= 4 is 38.9 Å². The fourth-order valence-corrected chi connectivity index (χ4v) is 3.68. The lowest BCUT2D eigenvalue weighted by atomic mass is 10.2. The van der Waals surface area contributed by atoms with Crippen molar-refractivity contribution in [2.24, 2.45) is 0 Å². The third-order valence-electron chi connectivity index (χ3n) is 3.79. The maximum Gasteiger partial charge on any atom is 0.232 e. The van der Waals surface area contributed by atoms with Crippen LogP contribution in [0.1, 0.15) is 26.7 Å². The summed E-state index contributed by atoms with van der Waals surface area (Å²) in [4.78, 5) is 12.2. The highest BCUT2D eigenvalue weighted by molar-refractivity contribution is 7.92. The summed E-state index contributed by atoms with van der Waals surface area (Å²) in [5.74, 6) is 0.557. The number of hydrogen-bond acceptors (Lipinski definition) is 4. The van der Waals surface area contributed by atoms with Gasteiger partial charge < -0.3 is 10.1 Å². The second-order valence-electron chi connectivity index (χ2n) is 6.65. The van der Waals surface area contributed by atoms with Gasteiger partial charge in [-0.3, -0.25) is 9.10 Å². The number of rotatable bonds is 9. The van der Waals surface area contributed by atoms with E-state index >= 15 is 0 Å². The number of nitrogens with zero attached hydrogens (tertiary/aromatic N) is 1. The van der Waals surface area contributed by atoms with Crippen LogP contribution in [0.15, 0.2) is 48.5 Å². The largest absolute Gasteiger partial charge is 0.491 e. The minimum absolute atomic E-state index is 0.0823. The van der Waals surface area contributed by atoms with Crippen LogP contribution in [0.25, 0.3) is 0 Å². The molecule has 1 amide bonds. The first kappa shape index (κ1) is 22.0. The first-order valence-corrected chi connectivity index (χ1v) is 11.2. The predicted octanol–water partition coefficient (Wildman–Crippen LogP) is 4.31. The SMILES string of the molecule is CC(C)Oc1ccc(NC(=O)CCCN(c2ccc(Cl)cc2)S(C)(=O)=O)cc1. The smallest absolute Gasteiger partial charge is 0.232 e. The quantitative estimate of drug-likeness (QED) is 0.650. The molecule has 0 aliphatic rings. The van der Waals surface area contributed by atoms with Crippen LogP contribution in [0.4, 0.5) is 11.4 Å². The van der Waals surface area contributed by atoms with Crippen molar-refractivity contribution in [2.75, 3.05) is 22.4 Å². The Morgan fingerprint density at radius 1 is 1.11 bits per heavy atom. The van der Waals surface area contributed by atoms with Crippen LogP contribution in [0.5, 0.6) is 5.75 Å². The molecular weight excluding hydrogens is 400 g/mol. The van der Waals surface area contributed by atoms with Gasteiger partial charge in [0.05, 0.1) is 18.0 Å². The zero-order chi connectivity index (χ0) is 20.7. The normalized spacial score (nSPS) is 11.3. The van der Waals surface area contributed by atoms with Crippen molar-refractivity contribution in [1.29, 1.82) is 0 Å². The van der Waals surface area contributed by atoms with E-state index in [9.17, 15) is 13.2 Å². The molecule has 0 fully saturated rings. The van der Waals surface area contributed by atoms with Crippen molar-refractivity contribution in [2.45, 2.75) is 32.8 Å². The lowest BCUT2D eigenvalue weighted by Gasteiger charge is -2.22. The zero-order valence-corrected chi connectivity index (χ0v) is 17.8. The lowest BCUT2D eigenvalue weighted by molar-refractivity contribution is -0.116. The van der Waals surface area contributed by atoms with Crippen molar-refractivity contribution < 1.29 is 17.9 Å². The van der Waals surface area contributed by atoms with Crippen LogP contribution >= 0.6 is 11.6 Å². The Labute approximate surface area is 171 Å². The van der Waals surface area contributed by atoms with Crippen LogP contribution in [-0.2, 0) is 14.8 Å². The van der Waals surface area contributed by atoms with Crippen LogP contribution in [-0.4, -0.2) is 33.2 Å². The Kier molecular flexibility index (Phi) is 7.71. The summed E-state index contributed by atoms with van der Waals surface area (Å²) in [6.45, 7) is 4.09. The van der Waals surface area contributed by atoms with Crippen molar-refractivity contribution in [3.05, 3.63) is 53.6 Å². The van der Waals surface area contributed by atoms with E-state index in [4.69, 9.17) is 16.3 Å². The molecule has 0 aliphatic heterocycles. The first-order chi connectivity index (χ1) is 13.1. The van der Waals surface area contributed by atoms with Gasteiger partial charge in [-0.1, -0.05) is 11.6 Å². The third kappa shape index (κ3) is 7.05. The summed E-state index contributed by atoms with van der Waals surface area (Å²) in [7, 11) is -3.46. The van der Waals surface area contributed by atoms with E-state index in [1.54, 1.807) is 48.5 Å². The van der Waals surface area contributed by atoms with Gasteiger partial charge in [0, 0.05) is 23.7 Å². The number of halogens is 1. The lowest BCUT2D eigenvalue weighted by Crippen LogP contribution is -2.31. The maximum atomic E-state index is 12.2. The van der Waals surface area contributed by atoms with E-state index in [1.165, 1.54) is 4.31 Å². The average Bonchev–Trinajstić information content (AvgIpc) is 2.60. The summed E-state index contributed by atoms with van der Waals surface area (Å²) in [6, 6.07) is 13.7. The van der Waals surface area contributed by atoms with Crippen LogP contribution < -0.4 is 14.4 Å². The Bertz CT molecular complexity index is 881. The number of hydrogen-bond donors (Lipinski definition) is 1. The Hall–Kier alpha value is -2.25. The van der Waals surface area contributed by atoms with Gasteiger partial charge in [-0.05, 0) is 68.8 Å². The monoisotopic (exact) mass is 424 g/mol. The number of amides is 1. The highest BCUT2D eigenvalue weighted by atomic mass is 35.5. The molecule has 0 spiro atoms. The van der Waals surface area contributed by atoms with E-state index < -0.39 is 10.0 Å². The molecular formula is C20H25ClN2O4S. The number of carbonyl (C=O) groups is 1.